The lowest BCUT2D eigenvalue weighted by Gasteiger charge is -2.02. The van der Waals surface area contributed by atoms with Gasteiger partial charge in [0.25, 0.3) is 6.01 Å². The zero-order chi connectivity index (χ0) is 13.4. The molecular formula is C13H9Cl2N3O. The van der Waals surface area contributed by atoms with Gasteiger partial charge in [0.05, 0.1) is 0 Å². The van der Waals surface area contributed by atoms with Crippen LogP contribution in [0.15, 0.2) is 40.8 Å². The number of hydrogen-bond acceptors (Lipinski definition) is 4. The molecule has 3 rings (SSSR count). The second-order valence-corrected chi connectivity index (χ2v) is 4.90. The monoisotopic (exact) mass is 293 g/mol. The normalized spacial score (nSPS) is 10.8. The van der Waals surface area contributed by atoms with E-state index in [1.165, 1.54) is 0 Å². The van der Waals surface area contributed by atoms with Crippen LogP contribution in [-0.2, 0) is 0 Å². The van der Waals surface area contributed by atoms with E-state index in [1.807, 2.05) is 0 Å². The Hall–Kier alpha value is -1.91. The Balaban J connectivity index is 1.96. The van der Waals surface area contributed by atoms with E-state index in [-0.39, 0.29) is 0 Å². The number of hydrogen-bond donors (Lipinski definition) is 2. The highest BCUT2D eigenvalue weighted by Gasteiger charge is 2.07. The van der Waals surface area contributed by atoms with E-state index in [4.69, 9.17) is 33.4 Å². The first-order chi connectivity index (χ1) is 9.10. The van der Waals surface area contributed by atoms with Gasteiger partial charge >= 0.3 is 0 Å². The van der Waals surface area contributed by atoms with Crippen LogP contribution in [0.2, 0.25) is 10.0 Å². The first-order valence-corrected chi connectivity index (χ1v) is 6.25. The topological polar surface area (TPSA) is 64.1 Å². The molecule has 0 aliphatic rings. The van der Waals surface area contributed by atoms with Crippen LogP contribution in [0, 0.1) is 0 Å². The first kappa shape index (κ1) is 12.1. The fraction of sp³-hybridized carbons (Fsp3) is 0. The van der Waals surface area contributed by atoms with Crippen LogP contribution in [-0.4, -0.2) is 4.98 Å². The van der Waals surface area contributed by atoms with Gasteiger partial charge in [-0.05, 0) is 36.4 Å². The number of nitrogen functional groups attached to an aromatic ring is 1. The molecular weight excluding hydrogens is 285 g/mol. The first-order valence-electron chi connectivity index (χ1n) is 5.49. The SMILES string of the molecule is Nc1ccc2oc(Nc3cc(Cl)cc(Cl)c3)nc2c1. The number of nitrogens with one attached hydrogen (secondary N) is 1. The zero-order valence-electron chi connectivity index (χ0n) is 9.65. The molecule has 0 radical (unpaired) electrons. The number of nitrogens with zero attached hydrogens (tertiary/aromatic N) is 1. The van der Waals surface area contributed by atoms with E-state index in [0.717, 1.165) is 0 Å². The van der Waals surface area contributed by atoms with E-state index < -0.39 is 0 Å². The number of fused-ring (bicyclic) bond motifs is 1. The number of oxazole rings is 1. The summed E-state index contributed by atoms with van der Waals surface area (Å²) in [6.07, 6.45) is 0. The van der Waals surface area contributed by atoms with Gasteiger partial charge in [0, 0.05) is 21.4 Å². The van der Waals surface area contributed by atoms with Crippen molar-refractivity contribution >= 4 is 51.7 Å². The van der Waals surface area contributed by atoms with Crippen LogP contribution < -0.4 is 11.1 Å². The minimum atomic E-state index is 0.360. The number of anilines is 3. The van der Waals surface area contributed by atoms with Crippen molar-refractivity contribution in [3.05, 3.63) is 46.4 Å². The number of rotatable bonds is 2. The van der Waals surface area contributed by atoms with Crippen LogP contribution in [0.4, 0.5) is 17.4 Å². The average Bonchev–Trinajstić information content (AvgIpc) is 2.68. The molecule has 0 unspecified atom stereocenters. The maximum absolute atomic E-state index is 5.92. The molecule has 96 valence electrons. The summed E-state index contributed by atoms with van der Waals surface area (Å²) >= 11 is 11.8. The molecule has 19 heavy (non-hydrogen) atoms. The van der Waals surface area contributed by atoms with E-state index in [9.17, 15) is 0 Å². The smallest absolute Gasteiger partial charge is 0.300 e. The summed E-state index contributed by atoms with van der Waals surface area (Å²) in [6.45, 7) is 0. The van der Waals surface area contributed by atoms with Gasteiger partial charge < -0.3 is 15.5 Å². The van der Waals surface area contributed by atoms with Crippen LogP contribution in [0.25, 0.3) is 11.1 Å². The molecule has 0 aliphatic heterocycles. The molecule has 0 aliphatic carbocycles. The summed E-state index contributed by atoms with van der Waals surface area (Å²) in [7, 11) is 0. The van der Waals surface area contributed by atoms with Crippen LogP contribution in [0.3, 0.4) is 0 Å². The standard InChI is InChI=1S/C13H9Cl2N3O/c14-7-3-8(15)5-10(4-7)17-13-18-11-6-9(16)1-2-12(11)19-13/h1-6H,16H2,(H,17,18). The van der Waals surface area contributed by atoms with Gasteiger partial charge in [0.2, 0.25) is 0 Å². The van der Waals surface area contributed by atoms with Gasteiger partial charge in [-0.1, -0.05) is 23.2 Å². The van der Waals surface area contributed by atoms with Gasteiger partial charge in [0.15, 0.2) is 5.58 Å². The van der Waals surface area contributed by atoms with E-state index in [2.05, 4.69) is 10.3 Å². The molecule has 0 saturated carbocycles. The van der Waals surface area contributed by atoms with Crippen molar-refractivity contribution in [2.45, 2.75) is 0 Å². The minimum Gasteiger partial charge on any atom is -0.423 e. The number of halogens is 2. The molecule has 0 amide bonds. The van der Waals surface area contributed by atoms with Gasteiger partial charge in [-0.25, -0.2) is 0 Å². The van der Waals surface area contributed by atoms with Crippen molar-refractivity contribution in [2.75, 3.05) is 11.1 Å². The largest absolute Gasteiger partial charge is 0.423 e. The van der Waals surface area contributed by atoms with E-state index in [1.54, 1.807) is 36.4 Å². The third-order valence-electron chi connectivity index (χ3n) is 2.53. The number of aromatic nitrogens is 1. The van der Waals surface area contributed by atoms with Gasteiger partial charge in [0.1, 0.15) is 5.52 Å². The third kappa shape index (κ3) is 2.59. The number of nitrogens with two attached hydrogens (primary N) is 1. The molecule has 0 atom stereocenters. The van der Waals surface area contributed by atoms with Crippen molar-refractivity contribution in [2.24, 2.45) is 0 Å². The Bertz CT molecular complexity index is 734. The van der Waals surface area contributed by atoms with Crippen molar-refractivity contribution in [3.63, 3.8) is 0 Å². The fourth-order valence-corrected chi connectivity index (χ4v) is 2.27. The predicted molar refractivity (Wildman–Crippen MR) is 78.2 cm³/mol. The molecule has 6 heteroatoms. The third-order valence-corrected chi connectivity index (χ3v) is 2.96. The second-order valence-electron chi connectivity index (χ2n) is 4.03. The maximum atomic E-state index is 5.92. The van der Waals surface area contributed by atoms with E-state index in [0.29, 0.717) is 38.5 Å². The lowest BCUT2D eigenvalue weighted by Crippen LogP contribution is -1.90. The summed E-state index contributed by atoms with van der Waals surface area (Å²) < 4.78 is 5.54. The van der Waals surface area contributed by atoms with Crippen LogP contribution in [0.1, 0.15) is 0 Å². The average molecular weight is 294 g/mol. The second kappa shape index (κ2) is 4.64. The zero-order valence-corrected chi connectivity index (χ0v) is 11.2. The Labute approximate surface area is 119 Å². The summed E-state index contributed by atoms with van der Waals surface area (Å²) in [4.78, 5) is 4.28. The predicted octanol–water partition coefficient (Wildman–Crippen LogP) is 4.46. The summed E-state index contributed by atoms with van der Waals surface area (Å²) in [5.74, 6) is 0. The summed E-state index contributed by atoms with van der Waals surface area (Å²) in [5, 5.41) is 4.08. The minimum absolute atomic E-state index is 0.360. The van der Waals surface area contributed by atoms with Crippen molar-refractivity contribution < 1.29 is 4.42 Å². The molecule has 3 N–H and O–H groups in total. The number of benzene rings is 2. The maximum Gasteiger partial charge on any atom is 0.300 e. The van der Waals surface area contributed by atoms with Crippen LogP contribution >= 0.6 is 23.2 Å². The highest BCUT2D eigenvalue weighted by atomic mass is 35.5. The van der Waals surface area contributed by atoms with Gasteiger partial charge in [-0.3, -0.25) is 0 Å². The molecule has 4 nitrogen and oxygen atoms in total. The van der Waals surface area contributed by atoms with E-state index >= 15 is 0 Å². The summed E-state index contributed by atoms with van der Waals surface area (Å²) in [5.41, 5.74) is 8.38. The molecule has 1 aromatic heterocycles. The lowest BCUT2D eigenvalue weighted by atomic mass is 10.3. The highest BCUT2D eigenvalue weighted by Crippen LogP contribution is 2.27. The molecule has 2 aromatic carbocycles. The van der Waals surface area contributed by atoms with Gasteiger partial charge in [-0.2, -0.15) is 4.98 Å². The molecule has 0 bridgehead atoms. The quantitative estimate of drug-likeness (QED) is 0.685. The highest BCUT2D eigenvalue weighted by molar-refractivity contribution is 6.35. The molecule has 0 saturated heterocycles. The Morgan fingerprint density at radius 2 is 1.79 bits per heavy atom. The van der Waals surface area contributed by atoms with Crippen molar-refractivity contribution in [1.82, 2.24) is 4.98 Å². The lowest BCUT2D eigenvalue weighted by molar-refractivity contribution is 0.623. The molecule has 1 heterocycles. The fourth-order valence-electron chi connectivity index (χ4n) is 1.75. The summed E-state index contributed by atoms with van der Waals surface area (Å²) in [6, 6.07) is 10.8. The van der Waals surface area contributed by atoms with Crippen LogP contribution in [0.5, 0.6) is 0 Å². The Morgan fingerprint density at radius 3 is 2.53 bits per heavy atom. The van der Waals surface area contributed by atoms with Gasteiger partial charge in [-0.15, -0.1) is 0 Å². The Kier molecular flexibility index (Phi) is 2.97. The van der Waals surface area contributed by atoms with Crippen molar-refractivity contribution in [1.29, 1.82) is 0 Å². The Morgan fingerprint density at radius 1 is 1.05 bits per heavy atom. The molecule has 3 aromatic rings. The molecule has 0 fully saturated rings. The van der Waals surface area contributed by atoms with Crippen molar-refractivity contribution in [3.8, 4) is 0 Å². The molecule has 0 spiro atoms.